The minimum absolute atomic E-state index is 0.0126. The van der Waals surface area contributed by atoms with Gasteiger partial charge in [0, 0.05) is 22.9 Å². The Hall–Kier alpha value is -4.12. The van der Waals surface area contributed by atoms with E-state index in [-0.39, 0.29) is 10.6 Å². The van der Waals surface area contributed by atoms with Gasteiger partial charge in [-0.2, -0.15) is 5.10 Å². The lowest BCUT2D eigenvalue weighted by Crippen LogP contribution is -2.12. The molecule has 1 aliphatic rings. The van der Waals surface area contributed by atoms with Gasteiger partial charge in [-0.1, -0.05) is 73.5 Å². The van der Waals surface area contributed by atoms with E-state index in [2.05, 4.69) is 29.2 Å². The highest BCUT2D eigenvalue weighted by Crippen LogP contribution is 2.37. The zero-order valence-electron chi connectivity index (χ0n) is 22.1. The molecule has 5 aromatic rings. The summed E-state index contributed by atoms with van der Waals surface area (Å²) in [5.41, 5.74) is 6.76. The van der Waals surface area contributed by atoms with Crippen molar-refractivity contribution in [3.05, 3.63) is 107 Å². The van der Waals surface area contributed by atoms with Crippen LogP contribution in [0.5, 0.6) is 0 Å². The molecule has 1 aliphatic carbocycles. The second-order valence-corrected chi connectivity index (χ2v) is 12.7. The first-order valence-corrected chi connectivity index (χ1v) is 15.8. The zero-order chi connectivity index (χ0) is 28.6. The molecule has 1 fully saturated rings. The number of carboxylic acid groups (broad SMARTS) is 1. The van der Waals surface area contributed by atoms with Crippen LogP contribution < -0.4 is 5.14 Å². The lowest BCUT2D eigenvalue weighted by Gasteiger charge is -2.10. The lowest BCUT2D eigenvalue weighted by atomic mass is 9.95. The van der Waals surface area contributed by atoms with Gasteiger partial charge in [-0.05, 0) is 53.6 Å². The first-order chi connectivity index (χ1) is 19.8. The average Bonchev–Trinajstić information content (AvgIpc) is 3.54. The van der Waals surface area contributed by atoms with Crippen molar-refractivity contribution in [1.29, 1.82) is 0 Å². The quantitative estimate of drug-likeness (QED) is 0.209. The third-order valence-electron chi connectivity index (χ3n) is 7.34. The van der Waals surface area contributed by atoms with Crippen molar-refractivity contribution in [3.63, 3.8) is 0 Å². The van der Waals surface area contributed by atoms with Gasteiger partial charge in [0.1, 0.15) is 0 Å². The van der Waals surface area contributed by atoms with Crippen LogP contribution in [0.25, 0.3) is 27.5 Å². The summed E-state index contributed by atoms with van der Waals surface area (Å²) >= 11 is 1.25. The van der Waals surface area contributed by atoms with E-state index < -0.39 is 16.0 Å². The number of hydrogen-bond donors (Lipinski definition) is 2. The molecule has 8 nitrogen and oxygen atoms in total. The molecule has 6 rings (SSSR count). The van der Waals surface area contributed by atoms with Crippen molar-refractivity contribution in [2.24, 2.45) is 11.1 Å². The molecule has 10 heteroatoms. The molecule has 0 spiro atoms. The van der Waals surface area contributed by atoms with E-state index in [1.54, 1.807) is 16.8 Å². The molecule has 41 heavy (non-hydrogen) atoms. The first kappa shape index (κ1) is 27.1. The molecule has 0 radical (unpaired) electrons. The van der Waals surface area contributed by atoms with E-state index in [0.29, 0.717) is 17.5 Å². The van der Waals surface area contributed by atoms with Crippen molar-refractivity contribution < 1.29 is 18.3 Å². The molecule has 0 saturated heterocycles. The fourth-order valence-corrected chi connectivity index (χ4v) is 6.29. The number of aromatic carboxylic acids is 1. The fraction of sp³-hybridized carbons (Fsp3) is 0.194. The van der Waals surface area contributed by atoms with E-state index in [1.165, 1.54) is 41.7 Å². The summed E-state index contributed by atoms with van der Waals surface area (Å²) in [7, 11) is -3.80. The summed E-state index contributed by atoms with van der Waals surface area (Å²) in [4.78, 5) is 16.1. The number of nitrogens with zero attached hydrogens (tertiary/aromatic N) is 3. The molecule has 2 aromatic heterocycles. The molecule has 0 bridgehead atoms. The van der Waals surface area contributed by atoms with E-state index in [0.717, 1.165) is 52.0 Å². The van der Waals surface area contributed by atoms with Crippen LogP contribution in [0.1, 0.15) is 46.6 Å². The molecule has 2 heterocycles. The number of hydrogen-bond acceptors (Lipinski definition) is 6. The van der Waals surface area contributed by atoms with E-state index >= 15 is 0 Å². The Kier molecular flexibility index (Phi) is 7.29. The predicted molar refractivity (Wildman–Crippen MR) is 159 cm³/mol. The van der Waals surface area contributed by atoms with Crippen molar-refractivity contribution in [3.8, 4) is 27.5 Å². The normalized spacial score (nSPS) is 13.4. The molecular weight excluding hydrogens is 556 g/mol. The number of thiazole rings is 1. The number of primary sulfonamides is 1. The average molecular weight is 585 g/mol. The maximum Gasteiger partial charge on any atom is 0.355 e. The summed E-state index contributed by atoms with van der Waals surface area (Å²) in [6.45, 7) is 0. The van der Waals surface area contributed by atoms with Gasteiger partial charge in [0.15, 0.2) is 5.69 Å². The summed E-state index contributed by atoms with van der Waals surface area (Å²) in [6, 6.07) is 24.9. The Bertz CT molecular complexity index is 1820. The van der Waals surface area contributed by atoms with Gasteiger partial charge >= 0.3 is 5.97 Å². The molecular formula is C31H28N4O4S2. The number of rotatable bonds is 10. The Balaban J connectivity index is 1.50. The zero-order valence-corrected chi connectivity index (χ0v) is 23.7. The molecule has 3 aromatic carbocycles. The third-order valence-corrected chi connectivity index (χ3v) is 9.09. The Morgan fingerprint density at radius 3 is 2.34 bits per heavy atom. The molecule has 3 N–H and O–H groups in total. The number of sulfonamides is 1. The fourth-order valence-electron chi connectivity index (χ4n) is 5.00. The van der Waals surface area contributed by atoms with E-state index in [1.807, 2.05) is 30.3 Å². The molecule has 0 unspecified atom stereocenters. The maximum atomic E-state index is 11.8. The summed E-state index contributed by atoms with van der Waals surface area (Å²) in [5, 5.41) is 21.9. The molecule has 0 atom stereocenters. The van der Waals surface area contributed by atoms with Crippen LogP contribution in [0.4, 0.5) is 0 Å². The van der Waals surface area contributed by atoms with Gasteiger partial charge in [0.2, 0.25) is 15.2 Å². The van der Waals surface area contributed by atoms with Gasteiger partial charge in [-0.25, -0.2) is 28.0 Å². The highest BCUT2D eigenvalue weighted by Gasteiger charge is 2.27. The van der Waals surface area contributed by atoms with Crippen molar-refractivity contribution in [2.45, 2.75) is 37.0 Å². The highest BCUT2D eigenvalue weighted by atomic mass is 32.2. The molecule has 0 amide bonds. The van der Waals surface area contributed by atoms with Crippen LogP contribution >= 0.6 is 11.3 Å². The second-order valence-electron chi connectivity index (χ2n) is 10.3. The number of aromatic nitrogens is 3. The molecule has 1 saturated carbocycles. The summed E-state index contributed by atoms with van der Waals surface area (Å²) < 4.78 is 25.5. The van der Waals surface area contributed by atoms with Crippen LogP contribution in [0, 0.1) is 5.92 Å². The predicted octanol–water partition coefficient (Wildman–Crippen LogP) is 5.94. The lowest BCUT2D eigenvalue weighted by molar-refractivity contribution is 0.0691. The maximum absolute atomic E-state index is 11.8. The van der Waals surface area contributed by atoms with Crippen molar-refractivity contribution >= 4 is 27.3 Å². The monoisotopic (exact) mass is 584 g/mol. The SMILES string of the molecule is NS(=O)(=O)c1ccc(Cc2c(-c3cccc(-c4ccccc4)c3)nn(-c3nc(C(=O)O)cs3)c2CCC2CC2)cc1. The van der Waals surface area contributed by atoms with Crippen LogP contribution in [-0.2, 0) is 22.9 Å². The van der Waals surface area contributed by atoms with Crippen LogP contribution in [-0.4, -0.2) is 34.3 Å². The number of benzene rings is 3. The third kappa shape index (κ3) is 6.00. The van der Waals surface area contributed by atoms with Gasteiger partial charge < -0.3 is 5.11 Å². The molecule has 208 valence electrons. The van der Waals surface area contributed by atoms with Gasteiger partial charge in [0.05, 0.1) is 16.3 Å². The first-order valence-electron chi connectivity index (χ1n) is 13.3. The standard InChI is InChI=1S/C31H28N4O4S2/c32-41(38,39)25-14-11-21(12-15-25)17-26-28(16-13-20-9-10-20)35(31-33-27(19-40-31)30(36)37)34-29(26)24-8-4-7-23(18-24)22-5-2-1-3-6-22/h1-8,11-12,14-15,18-20H,9-10,13,16-17H2,(H,36,37)(H2,32,38,39). The second kappa shape index (κ2) is 11.0. The Morgan fingerprint density at radius 1 is 0.976 bits per heavy atom. The highest BCUT2D eigenvalue weighted by molar-refractivity contribution is 7.89. The minimum atomic E-state index is -3.80. The Morgan fingerprint density at radius 2 is 1.68 bits per heavy atom. The van der Waals surface area contributed by atoms with Gasteiger partial charge in [-0.15, -0.1) is 11.3 Å². The van der Waals surface area contributed by atoms with Gasteiger partial charge in [0.25, 0.3) is 0 Å². The van der Waals surface area contributed by atoms with Crippen LogP contribution in [0.15, 0.2) is 89.1 Å². The van der Waals surface area contributed by atoms with E-state index in [4.69, 9.17) is 10.2 Å². The number of carboxylic acids is 1. The molecule has 0 aliphatic heterocycles. The van der Waals surface area contributed by atoms with Crippen LogP contribution in [0.3, 0.4) is 0 Å². The number of carbonyl (C=O) groups is 1. The van der Waals surface area contributed by atoms with Gasteiger partial charge in [-0.3, -0.25) is 0 Å². The number of nitrogens with two attached hydrogens (primary N) is 1. The van der Waals surface area contributed by atoms with Crippen molar-refractivity contribution in [2.75, 3.05) is 0 Å². The smallest absolute Gasteiger partial charge is 0.355 e. The van der Waals surface area contributed by atoms with Crippen LogP contribution in [0.2, 0.25) is 0 Å². The summed E-state index contributed by atoms with van der Waals surface area (Å²) in [5.74, 6) is -0.402. The minimum Gasteiger partial charge on any atom is -0.476 e. The Labute approximate surface area is 242 Å². The topological polar surface area (TPSA) is 128 Å². The largest absolute Gasteiger partial charge is 0.476 e. The van der Waals surface area contributed by atoms with E-state index in [9.17, 15) is 18.3 Å². The summed E-state index contributed by atoms with van der Waals surface area (Å²) in [6.07, 6.45) is 4.70. The van der Waals surface area contributed by atoms with Crippen molar-refractivity contribution in [1.82, 2.24) is 14.8 Å².